The lowest BCUT2D eigenvalue weighted by Crippen LogP contribution is -2.41. The van der Waals surface area contributed by atoms with Gasteiger partial charge < -0.3 is 4.90 Å². The molecule has 3 amide bonds. The maximum atomic E-state index is 12.8. The summed E-state index contributed by atoms with van der Waals surface area (Å²) in [7, 11) is -6.54. The quantitative estimate of drug-likeness (QED) is 0.441. The van der Waals surface area contributed by atoms with Gasteiger partial charge in [-0.3, -0.25) is 15.4 Å². The second-order valence-corrected chi connectivity index (χ2v) is 14.1. The van der Waals surface area contributed by atoms with Crippen LogP contribution in [0.25, 0.3) is 10.2 Å². The van der Waals surface area contributed by atoms with E-state index in [1.807, 2.05) is 4.90 Å². The minimum absolute atomic E-state index is 0.0712. The normalized spacial score (nSPS) is 16.0. The lowest BCUT2D eigenvalue weighted by atomic mass is 10.2. The van der Waals surface area contributed by atoms with Crippen molar-refractivity contribution in [1.29, 1.82) is 0 Å². The lowest BCUT2D eigenvalue weighted by Gasteiger charge is -2.26. The SMILES string of the molecule is O=C(NC(=O)c1ccccc1Cl)Nc1nc2ccc(S(=O)(=O)CCCN3CCS(=O)(=O)CC3)cc2s1. The fraction of sp³-hybridized carbons (Fsp3) is 0.318. The maximum absolute atomic E-state index is 12.8. The van der Waals surface area contributed by atoms with Gasteiger partial charge in [-0.25, -0.2) is 26.6 Å². The van der Waals surface area contributed by atoms with E-state index in [2.05, 4.69) is 15.6 Å². The van der Waals surface area contributed by atoms with E-state index < -0.39 is 31.6 Å². The average molecular weight is 571 g/mol. The molecule has 192 valence electrons. The molecule has 1 aromatic heterocycles. The molecule has 10 nitrogen and oxygen atoms in total. The number of thiazole rings is 1. The van der Waals surface area contributed by atoms with Crippen molar-refractivity contribution in [2.75, 3.05) is 42.2 Å². The third kappa shape index (κ3) is 6.59. The highest BCUT2D eigenvalue weighted by molar-refractivity contribution is 7.91. The first kappa shape index (κ1) is 26.5. The van der Waals surface area contributed by atoms with E-state index in [0.29, 0.717) is 36.3 Å². The zero-order chi connectivity index (χ0) is 25.9. The van der Waals surface area contributed by atoms with E-state index in [9.17, 15) is 26.4 Å². The number of sulfone groups is 2. The van der Waals surface area contributed by atoms with Gasteiger partial charge in [-0.05, 0) is 43.3 Å². The van der Waals surface area contributed by atoms with Gasteiger partial charge in [0.15, 0.2) is 24.8 Å². The van der Waals surface area contributed by atoms with Crippen molar-refractivity contribution in [3.8, 4) is 0 Å². The number of urea groups is 1. The summed E-state index contributed by atoms with van der Waals surface area (Å²) >= 11 is 7.05. The van der Waals surface area contributed by atoms with Gasteiger partial charge in [0.2, 0.25) is 0 Å². The molecule has 1 aliphatic heterocycles. The molecule has 14 heteroatoms. The van der Waals surface area contributed by atoms with Crippen LogP contribution in [-0.2, 0) is 19.7 Å². The standard InChI is InChI=1S/C22H23ClN4O6S3/c23-17-5-2-1-4-16(17)20(28)25-21(29)26-22-24-18-7-6-15(14-19(18)34-22)36(32,33)11-3-8-27-9-12-35(30,31)13-10-27/h1-2,4-7,14H,3,8-13H2,(H2,24,25,26,28,29). The zero-order valence-electron chi connectivity index (χ0n) is 18.9. The Bertz CT molecular complexity index is 1510. The molecule has 0 bridgehead atoms. The number of halogens is 1. The Balaban J connectivity index is 1.36. The molecule has 0 spiro atoms. The zero-order valence-corrected chi connectivity index (χ0v) is 22.1. The van der Waals surface area contributed by atoms with E-state index in [1.165, 1.54) is 24.3 Å². The van der Waals surface area contributed by atoms with Crippen LogP contribution < -0.4 is 10.6 Å². The molecule has 2 aromatic carbocycles. The summed E-state index contributed by atoms with van der Waals surface area (Å²) in [5, 5.41) is 5.07. The van der Waals surface area contributed by atoms with Gasteiger partial charge in [-0.15, -0.1) is 0 Å². The van der Waals surface area contributed by atoms with Crippen LogP contribution in [0.5, 0.6) is 0 Å². The number of anilines is 1. The number of hydrogen-bond acceptors (Lipinski definition) is 9. The van der Waals surface area contributed by atoms with Gasteiger partial charge in [0, 0.05) is 13.1 Å². The van der Waals surface area contributed by atoms with E-state index in [1.54, 1.807) is 18.2 Å². The van der Waals surface area contributed by atoms with Crippen molar-refractivity contribution in [3.05, 3.63) is 53.1 Å². The van der Waals surface area contributed by atoms with Crippen molar-refractivity contribution < 1.29 is 26.4 Å². The van der Waals surface area contributed by atoms with Crippen molar-refractivity contribution in [2.24, 2.45) is 0 Å². The smallest absolute Gasteiger partial charge is 0.301 e. The van der Waals surface area contributed by atoms with Crippen molar-refractivity contribution in [1.82, 2.24) is 15.2 Å². The fourth-order valence-electron chi connectivity index (χ4n) is 3.67. The molecule has 0 aliphatic carbocycles. The van der Waals surface area contributed by atoms with Crippen LogP contribution in [0.1, 0.15) is 16.8 Å². The number of aromatic nitrogens is 1. The van der Waals surface area contributed by atoms with Crippen LogP contribution in [-0.4, -0.2) is 75.6 Å². The summed E-state index contributed by atoms with van der Waals surface area (Å²) in [5.41, 5.74) is 0.653. The highest BCUT2D eigenvalue weighted by atomic mass is 35.5. The van der Waals surface area contributed by atoms with Gasteiger partial charge in [-0.1, -0.05) is 35.1 Å². The highest BCUT2D eigenvalue weighted by Gasteiger charge is 2.22. The summed E-state index contributed by atoms with van der Waals surface area (Å²) in [5.74, 6) is -0.536. The molecule has 3 aromatic rings. The summed E-state index contributed by atoms with van der Waals surface area (Å²) in [6.07, 6.45) is 0.384. The van der Waals surface area contributed by atoms with E-state index >= 15 is 0 Å². The third-order valence-electron chi connectivity index (χ3n) is 5.61. The first-order chi connectivity index (χ1) is 17.0. The molecule has 0 atom stereocenters. The predicted molar refractivity (Wildman–Crippen MR) is 139 cm³/mol. The molecule has 36 heavy (non-hydrogen) atoms. The number of benzene rings is 2. The second kappa shape index (κ2) is 10.8. The summed E-state index contributed by atoms with van der Waals surface area (Å²) in [4.78, 5) is 30.9. The number of rotatable bonds is 7. The Morgan fingerprint density at radius 1 is 1.11 bits per heavy atom. The minimum atomic E-state index is -3.56. The molecule has 1 aliphatic rings. The monoisotopic (exact) mass is 570 g/mol. The van der Waals surface area contributed by atoms with Crippen LogP contribution in [0.2, 0.25) is 5.02 Å². The van der Waals surface area contributed by atoms with Crippen molar-refractivity contribution >= 4 is 69.9 Å². The average Bonchev–Trinajstić information content (AvgIpc) is 3.21. The topological polar surface area (TPSA) is 143 Å². The Morgan fingerprint density at radius 3 is 2.56 bits per heavy atom. The van der Waals surface area contributed by atoms with Crippen LogP contribution in [0.4, 0.5) is 9.93 Å². The Hall–Kier alpha value is -2.58. The molecule has 4 rings (SSSR count). The molecular weight excluding hydrogens is 548 g/mol. The summed E-state index contributed by atoms with van der Waals surface area (Å²) < 4.78 is 49.3. The number of nitrogens with one attached hydrogen (secondary N) is 2. The second-order valence-electron chi connectivity index (χ2n) is 8.20. The predicted octanol–water partition coefficient (Wildman–Crippen LogP) is 2.81. The molecular formula is C22H23ClN4O6S3. The summed E-state index contributed by atoms with van der Waals surface area (Å²) in [6.45, 7) is 1.35. The lowest BCUT2D eigenvalue weighted by molar-refractivity contribution is 0.0967. The molecule has 2 N–H and O–H groups in total. The first-order valence-electron chi connectivity index (χ1n) is 11.0. The van der Waals surface area contributed by atoms with Gasteiger partial charge in [0.1, 0.15) is 0 Å². The summed E-state index contributed by atoms with van der Waals surface area (Å²) in [6, 6.07) is 10.1. The van der Waals surface area contributed by atoms with Crippen LogP contribution in [0.3, 0.4) is 0 Å². The number of amides is 3. The Kier molecular flexibility index (Phi) is 7.95. The molecule has 1 saturated heterocycles. The minimum Gasteiger partial charge on any atom is -0.301 e. The number of carbonyl (C=O) groups excluding carboxylic acids is 2. The molecule has 0 saturated carbocycles. The maximum Gasteiger partial charge on any atom is 0.327 e. The third-order valence-corrected chi connectivity index (χ3v) is 10.3. The Labute approximate surface area is 217 Å². The van der Waals surface area contributed by atoms with Crippen LogP contribution in [0.15, 0.2) is 47.4 Å². The van der Waals surface area contributed by atoms with Gasteiger partial charge in [-0.2, -0.15) is 0 Å². The van der Waals surface area contributed by atoms with Crippen LogP contribution >= 0.6 is 22.9 Å². The van der Waals surface area contributed by atoms with E-state index in [4.69, 9.17) is 11.6 Å². The van der Waals surface area contributed by atoms with Gasteiger partial charge >= 0.3 is 6.03 Å². The largest absolute Gasteiger partial charge is 0.327 e. The van der Waals surface area contributed by atoms with Crippen molar-refractivity contribution in [3.63, 3.8) is 0 Å². The highest BCUT2D eigenvalue weighted by Crippen LogP contribution is 2.28. The van der Waals surface area contributed by atoms with Crippen LogP contribution in [0, 0.1) is 0 Å². The first-order valence-corrected chi connectivity index (χ1v) is 15.6. The fourth-order valence-corrected chi connectivity index (χ4v) is 7.46. The van der Waals surface area contributed by atoms with Gasteiger partial charge in [0.25, 0.3) is 5.91 Å². The number of carbonyl (C=O) groups is 2. The number of hydrogen-bond donors (Lipinski definition) is 2. The number of imide groups is 1. The number of nitrogens with zero attached hydrogens (tertiary/aromatic N) is 2. The number of fused-ring (bicyclic) bond motifs is 1. The van der Waals surface area contributed by atoms with E-state index in [-0.39, 0.29) is 37.9 Å². The molecule has 2 heterocycles. The molecule has 0 unspecified atom stereocenters. The van der Waals surface area contributed by atoms with E-state index in [0.717, 1.165) is 11.3 Å². The van der Waals surface area contributed by atoms with Crippen molar-refractivity contribution in [2.45, 2.75) is 11.3 Å². The molecule has 0 radical (unpaired) electrons. The Morgan fingerprint density at radius 2 is 1.83 bits per heavy atom. The molecule has 1 fully saturated rings. The van der Waals surface area contributed by atoms with Gasteiger partial charge in [0.05, 0.1) is 43.0 Å².